The molecule has 1 saturated heterocycles. The van der Waals surface area contributed by atoms with Gasteiger partial charge >= 0.3 is 0 Å². The van der Waals surface area contributed by atoms with Crippen LogP contribution in [-0.2, 0) is 4.74 Å². The lowest BCUT2D eigenvalue weighted by Gasteiger charge is -2.28. The van der Waals surface area contributed by atoms with Gasteiger partial charge in [0.05, 0.1) is 13.3 Å². The van der Waals surface area contributed by atoms with Crippen molar-refractivity contribution < 1.29 is 4.74 Å². The normalized spacial score (nSPS) is 25.2. The van der Waals surface area contributed by atoms with E-state index in [1.807, 2.05) is 11.8 Å². The predicted molar refractivity (Wildman–Crippen MR) is 101 cm³/mol. The number of benzene rings is 1. The summed E-state index contributed by atoms with van der Waals surface area (Å²) in [6, 6.07) is 8.68. The van der Waals surface area contributed by atoms with Gasteiger partial charge in [-0.25, -0.2) is 0 Å². The smallest absolute Gasteiger partial charge is 0.101 e. The Kier molecular flexibility index (Phi) is 6.22. The van der Waals surface area contributed by atoms with Crippen molar-refractivity contribution in [1.29, 1.82) is 0 Å². The number of ether oxygens (including phenoxy) is 1. The zero-order valence-corrected chi connectivity index (χ0v) is 15.7. The van der Waals surface area contributed by atoms with Crippen molar-refractivity contribution in [3.8, 4) is 0 Å². The number of halogens is 1. The van der Waals surface area contributed by atoms with Gasteiger partial charge in [0.25, 0.3) is 0 Å². The third-order valence-electron chi connectivity index (χ3n) is 4.24. The zero-order chi connectivity index (χ0) is 16.1. The Morgan fingerprint density at radius 2 is 2.04 bits per heavy atom. The molecule has 2 aliphatic rings. The van der Waals surface area contributed by atoms with E-state index in [2.05, 4.69) is 69.1 Å². The van der Waals surface area contributed by atoms with E-state index in [1.165, 1.54) is 16.9 Å². The topological polar surface area (TPSA) is 33.3 Å². The van der Waals surface area contributed by atoms with Crippen LogP contribution < -0.4 is 10.6 Å². The standard InChI is InChI=1S/C18H23BrN2OS/c1-22-16-8-4-7-15(19)14(16)12-23-17-9-3-2-6-13(17)18-20-10-5-11-21-18/h2-4,6-9,14-15,18,20-21H,5,10-12H2,1H3. The number of allylic oxidation sites excluding steroid dienone is 4. The van der Waals surface area contributed by atoms with Crippen LogP contribution in [0.4, 0.5) is 0 Å². The first-order valence-electron chi connectivity index (χ1n) is 8.04. The lowest BCUT2D eigenvalue weighted by atomic mass is 10.0. The Hall–Kier alpha value is -0.750. The van der Waals surface area contributed by atoms with Crippen molar-refractivity contribution in [3.05, 3.63) is 53.8 Å². The van der Waals surface area contributed by atoms with Crippen LogP contribution in [0.15, 0.2) is 53.1 Å². The van der Waals surface area contributed by atoms with E-state index in [1.54, 1.807) is 7.11 Å². The van der Waals surface area contributed by atoms with E-state index in [9.17, 15) is 0 Å². The summed E-state index contributed by atoms with van der Waals surface area (Å²) in [5.41, 5.74) is 1.35. The molecule has 1 aliphatic heterocycles. The Balaban J connectivity index is 1.70. The molecule has 0 saturated carbocycles. The maximum atomic E-state index is 5.55. The van der Waals surface area contributed by atoms with E-state index in [-0.39, 0.29) is 6.17 Å². The van der Waals surface area contributed by atoms with Gasteiger partial charge in [0.15, 0.2) is 0 Å². The highest BCUT2D eigenvalue weighted by Gasteiger charge is 2.25. The quantitative estimate of drug-likeness (QED) is 0.586. The highest BCUT2D eigenvalue weighted by atomic mass is 79.9. The highest BCUT2D eigenvalue weighted by Crippen LogP contribution is 2.35. The van der Waals surface area contributed by atoms with E-state index in [0.29, 0.717) is 10.7 Å². The molecule has 2 atom stereocenters. The monoisotopic (exact) mass is 394 g/mol. The van der Waals surface area contributed by atoms with Gasteiger partial charge < -0.3 is 4.74 Å². The van der Waals surface area contributed by atoms with Crippen LogP contribution in [-0.4, -0.2) is 30.8 Å². The molecule has 3 nitrogen and oxygen atoms in total. The fourth-order valence-electron chi connectivity index (χ4n) is 2.97. The molecule has 0 radical (unpaired) electrons. The average molecular weight is 395 g/mol. The van der Waals surface area contributed by atoms with Crippen LogP contribution in [0.3, 0.4) is 0 Å². The second kappa shape index (κ2) is 8.38. The molecule has 2 N–H and O–H groups in total. The maximum Gasteiger partial charge on any atom is 0.101 e. The molecular weight excluding hydrogens is 372 g/mol. The molecule has 5 heteroatoms. The van der Waals surface area contributed by atoms with Crippen molar-refractivity contribution >= 4 is 27.7 Å². The Bertz CT molecular complexity index is 584. The van der Waals surface area contributed by atoms with Gasteiger partial charge in [-0.15, -0.1) is 11.8 Å². The van der Waals surface area contributed by atoms with Gasteiger partial charge in [-0.3, -0.25) is 10.6 Å². The van der Waals surface area contributed by atoms with Crippen molar-refractivity contribution in [1.82, 2.24) is 10.6 Å². The minimum Gasteiger partial charge on any atom is -0.501 e. The first-order chi connectivity index (χ1) is 11.3. The van der Waals surface area contributed by atoms with Crippen molar-refractivity contribution in [2.24, 2.45) is 5.92 Å². The summed E-state index contributed by atoms with van der Waals surface area (Å²) >= 11 is 5.66. The average Bonchev–Trinajstić information content (AvgIpc) is 2.61. The summed E-state index contributed by atoms with van der Waals surface area (Å²) in [6.45, 7) is 2.15. The lowest BCUT2D eigenvalue weighted by Crippen LogP contribution is -2.41. The molecule has 124 valence electrons. The highest BCUT2D eigenvalue weighted by molar-refractivity contribution is 9.09. The molecule has 1 heterocycles. The van der Waals surface area contributed by atoms with Crippen LogP contribution in [0.5, 0.6) is 0 Å². The second-order valence-electron chi connectivity index (χ2n) is 5.75. The fraction of sp³-hybridized carbons (Fsp3) is 0.444. The minimum atomic E-state index is 0.260. The molecule has 0 bridgehead atoms. The number of rotatable bonds is 5. The summed E-state index contributed by atoms with van der Waals surface area (Å²) in [4.78, 5) is 1.66. The van der Waals surface area contributed by atoms with Crippen LogP contribution in [0.1, 0.15) is 18.2 Å². The van der Waals surface area contributed by atoms with Crippen LogP contribution in [0.25, 0.3) is 0 Å². The zero-order valence-electron chi connectivity index (χ0n) is 13.3. The van der Waals surface area contributed by atoms with Crippen LogP contribution >= 0.6 is 27.7 Å². The van der Waals surface area contributed by atoms with Gasteiger partial charge in [0.1, 0.15) is 5.76 Å². The van der Waals surface area contributed by atoms with Gasteiger partial charge in [-0.2, -0.15) is 0 Å². The van der Waals surface area contributed by atoms with Gasteiger partial charge in [0.2, 0.25) is 0 Å². The number of nitrogens with one attached hydrogen (secondary N) is 2. The molecule has 3 rings (SSSR count). The number of thioether (sulfide) groups is 1. The molecule has 2 unspecified atom stereocenters. The fourth-order valence-corrected chi connectivity index (χ4v) is 5.10. The van der Waals surface area contributed by atoms with Crippen molar-refractivity contribution in [2.45, 2.75) is 22.3 Å². The summed E-state index contributed by atoms with van der Waals surface area (Å²) in [7, 11) is 1.76. The van der Waals surface area contributed by atoms with Crippen LogP contribution in [0.2, 0.25) is 0 Å². The SMILES string of the molecule is COC1=CC=CC(Br)C1CSc1ccccc1C1NCCCN1. The van der Waals surface area contributed by atoms with E-state index >= 15 is 0 Å². The van der Waals surface area contributed by atoms with Gasteiger partial charge in [-0.05, 0) is 37.2 Å². The molecule has 1 aliphatic carbocycles. The van der Waals surface area contributed by atoms with Gasteiger partial charge in [-0.1, -0.05) is 46.3 Å². The third kappa shape index (κ3) is 4.21. The van der Waals surface area contributed by atoms with E-state index in [4.69, 9.17) is 4.74 Å². The first-order valence-corrected chi connectivity index (χ1v) is 9.94. The largest absolute Gasteiger partial charge is 0.501 e. The number of methoxy groups -OCH3 is 1. The number of hydrogen-bond acceptors (Lipinski definition) is 4. The first kappa shape index (κ1) is 17.1. The molecule has 0 amide bonds. The second-order valence-corrected chi connectivity index (χ2v) is 7.87. The summed E-state index contributed by atoms with van der Waals surface area (Å²) in [5, 5.41) is 7.12. The van der Waals surface area contributed by atoms with Gasteiger partial charge in [0, 0.05) is 21.4 Å². The summed E-state index contributed by atoms with van der Waals surface area (Å²) in [6.07, 6.45) is 7.76. The molecule has 0 spiro atoms. The van der Waals surface area contributed by atoms with Crippen LogP contribution in [0, 0.1) is 5.92 Å². The summed E-state index contributed by atoms with van der Waals surface area (Å²) < 4.78 is 5.55. The predicted octanol–water partition coefficient (Wildman–Crippen LogP) is 3.84. The molecule has 1 fully saturated rings. The Labute approximate surface area is 151 Å². The summed E-state index contributed by atoms with van der Waals surface area (Å²) in [5.74, 6) is 2.40. The van der Waals surface area contributed by atoms with Crippen molar-refractivity contribution in [3.63, 3.8) is 0 Å². The molecular formula is C18H23BrN2OS. The van der Waals surface area contributed by atoms with E-state index in [0.717, 1.165) is 24.6 Å². The molecule has 1 aromatic carbocycles. The Morgan fingerprint density at radius 1 is 1.26 bits per heavy atom. The van der Waals surface area contributed by atoms with Crippen molar-refractivity contribution in [2.75, 3.05) is 26.0 Å². The lowest BCUT2D eigenvalue weighted by molar-refractivity contribution is 0.250. The minimum absolute atomic E-state index is 0.260. The number of hydrogen-bond donors (Lipinski definition) is 2. The maximum absolute atomic E-state index is 5.55. The Morgan fingerprint density at radius 3 is 2.83 bits per heavy atom. The molecule has 0 aromatic heterocycles. The van der Waals surface area contributed by atoms with E-state index < -0.39 is 0 Å². The number of alkyl halides is 1. The molecule has 1 aromatic rings. The molecule has 23 heavy (non-hydrogen) atoms. The third-order valence-corrected chi connectivity index (χ3v) is 6.39.